The van der Waals surface area contributed by atoms with E-state index in [-0.39, 0.29) is 17.7 Å². The first-order valence-corrected chi connectivity index (χ1v) is 9.00. The number of rotatable bonds is 6. The van der Waals surface area contributed by atoms with Crippen LogP contribution in [-0.2, 0) is 22.6 Å². The van der Waals surface area contributed by atoms with Gasteiger partial charge in [-0.3, -0.25) is 9.59 Å². The number of thiazole rings is 1. The molecule has 0 saturated carbocycles. The normalized spacial score (nSPS) is 17.3. The molecule has 5 nitrogen and oxygen atoms in total. The van der Waals surface area contributed by atoms with Crippen molar-refractivity contribution in [3.05, 3.63) is 52.0 Å². The number of hydrogen-bond acceptors (Lipinski definition) is 4. The SMILES string of the molecule is Cc1csc(CNC(=O)[C@@H]2CC(=O)N(CCc3ccccc3)C2)n1. The third-order valence-electron chi connectivity index (χ3n) is 4.18. The Labute approximate surface area is 145 Å². The monoisotopic (exact) mass is 343 g/mol. The average molecular weight is 343 g/mol. The lowest BCUT2D eigenvalue weighted by atomic mass is 10.1. The van der Waals surface area contributed by atoms with Gasteiger partial charge in [0, 0.05) is 30.6 Å². The molecule has 0 radical (unpaired) electrons. The Morgan fingerprint density at radius 3 is 2.88 bits per heavy atom. The number of nitrogens with one attached hydrogen (secondary N) is 1. The van der Waals surface area contributed by atoms with Gasteiger partial charge in [-0.25, -0.2) is 4.98 Å². The summed E-state index contributed by atoms with van der Waals surface area (Å²) in [6, 6.07) is 10.1. The smallest absolute Gasteiger partial charge is 0.225 e. The van der Waals surface area contributed by atoms with Crippen molar-refractivity contribution in [2.24, 2.45) is 5.92 Å². The van der Waals surface area contributed by atoms with E-state index in [1.807, 2.05) is 30.5 Å². The molecular formula is C18H21N3O2S. The molecule has 1 aromatic heterocycles. The van der Waals surface area contributed by atoms with Gasteiger partial charge < -0.3 is 10.2 Å². The van der Waals surface area contributed by atoms with Crippen molar-refractivity contribution in [1.82, 2.24) is 15.2 Å². The zero-order valence-electron chi connectivity index (χ0n) is 13.7. The molecule has 1 N–H and O–H groups in total. The highest BCUT2D eigenvalue weighted by Crippen LogP contribution is 2.19. The zero-order valence-corrected chi connectivity index (χ0v) is 14.5. The minimum absolute atomic E-state index is 0.0570. The van der Waals surface area contributed by atoms with E-state index in [0.717, 1.165) is 17.1 Å². The van der Waals surface area contributed by atoms with Gasteiger partial charge in [0.05, 0.1) is 12.5 Å². The van der Waals surface area contributed by atoms with Crippen LogP contribution in [-0.4, -0.2) is 34.8 Å². The number of aryl methyl sites for hydroxylation is 1. The lowest BCUT2D eigenvalue weighted by molar-refractivity contribution is -0.129. The van der Waals surface area contributed by atoms with Crippen LogP contribution in [0, 0.1) is 12.8 Å². The van der Waals surface area contributed by atoms with Gasteiger partial charge in [-0.2, -0.15) is 0 Å². The summed E-state index contributed by atoms with van der Waals surface area (Å²) in [5.41, 5.74) is 2.17. The maximum Gasteiger partial charge on any atom is 0.225 e. The second-order valence-corrected chi connectivity index (χ2v) is 7.02. The second kappa shape index (κ2) is 7.57. The minimum atomic E-state index is -0.255. The topological polar surface area (TPSA) is 62.3 Å². The van der Waals surface area contributed by atoms with E-state index in [4.69, 9.17) is 0 Å². The Kier molecular flexibility index (Phi) is 5.25. The summed E-state index contributed by atoms with van der Waals surface area (Å²) in [4.78, 5) is 30.5. The van der Waals surface area contributed by atoms with Gasteiger partial charge in [-0.05, 0) is 18.9 Å². The third kappa shape index (κ3) is 4.20. The van der Waals surface area contributed by atoms with Crippen LogP contribution in [0.3, 0.4) is 0 Å². The molecule has 24 heavy (non-hydrogen) atoms. The highest BCUT2D eigenvalue weighted by Gasteiger charge is 2.33. The summed E-state index contributed by atoms with van der Waals surface area (Å²) in [5, 5.41) is 5.76. The summed E-state index contributed by atoms with van der Waals surface area (Å²) in [5.74, 6) is -0.246. The molecule has 0 spiro atoms. The maximum atomic E-state index is 12.3. The summed E-state index contributed by atoms with van der Waals surface area (Å²) in [6.07, 6.45) is 1.12. The van der Waals surface area contributed by atoms with Crippen molar-refractivity contribution in [2.45, 2.75) is 26.3 Å². The van der Waals surface area contributed by atoms with Crippen LogP contribution in [0.4, 0.5) is 0 Å². The predicted molar refractivity (Wildman–Crippen MR) is 93.5 cm³/mol. The van der Waals surface area contributed by atoms with Crippen LogP contribution in [0.5, 0.6) is 0 Å². The quantitative estimate of drug-likeness (QED) is 0.874. The van der Waals surface area contributed by atoms with E-state index in [2.05, 4.69) is 22.4 Å². The van der Waals surface area contributed by atoms with Gasteiger partial charge in [-0.1, -0.05) is 30.3 Å². The number of nitrogens with zero attached hydrogens (tertiary/aromatic N) is 2. The number of likely N-dealkylation sites (tertiary alicyclic amines) is 1. The number of aromatic nitrogens is 1. The fourth-order valence-electron chi connectivity index (χ4n) is 2.86. The highest BCUT2D eigenvalue weighted by atomic mass is 32.1. The van der Waals surface area contributed by atoms with Crippen LogP contribution in [0.1, 0.15) is 22.7 Å². The molecule has 1 aliphatic rings. The average Bonchev–Trinajstić information content (AvgIpc) is 3.17. The number of carbonyl (C=O) groups is 2. The molecule has 126 valence electrons. The van der Waals surface area contributed by atoms with E-state index in [1.165, 1.54) is 16.9 Å². The standard InChI is InChI=1S/C18H21N3O2S/c1-13-12-24-16(20-13)10-19-18(23)15-9-17(22)21(11-15)8-7-14-5-3-2-4-6-14/h2-6,12,15H,7-11H2,1H3,(H,19,23)/t15-/m1/s1. The van der Waals surface area contributed by atoms with E-state index in [1.54, 1.807) is 4.90 Å². The van der Waals surface area contributed by atoms with E-state index < -0.39 is 0 Å². The molecule has 2 aromatic rings. The fourth-order valence-corrected chi connectivity index (χ4v) is 3.58. The Morgan fingerprint density at radius 1 is 1.38 bits per heavy atom. The van der Waals surface area contributed by atoms with Gasteiger partial charge in [0.15, 0.2) is 0 Å². The van der Waals surface area contributed by atoms with Crippen LogP contribution in [0.25, 0.3) is 0 Å². The van der Waals surface area contributed by atoms with Crippen LogP contribution >= 0.6 is 11.3 Å². The maximum absolute atomic E-state index is 12.3. The predicted octanol–water partition coefficient (Wildman–Crippen LogP) is 2.16. The molecule has 1 saturated heterocycles. The first kappa shape index (κ1) is 16.6. The Morgan fingerprint density at radius 2 is 2.17 bits per heavy atom. The summed E-state index contributed by atoms with van der Waals surface area (Å²) >= 11 is 1.54. The molecule has 1 aliphatic heterocycles. The molecule has 0 aliphatic carbocycles. The van der Waals surface area contributed by atoms with Gasteiger partial charge in [0.25, 0.3) is 0 Å². The molecule has 2 amide bonds. The molecule has 1 atom stereocenters. The van der Waals surface area contributed by atoms with Crippen molar-refractivity contribution < 1.29 is 9.59 Å². The van der Waals surface area contributed by atoms with Crippen LogP contribution in [0.2, 0.25) is 0 Å². The lowest BCUT2D eigenvalue weighted by Crippen LogP contribution is -2.33. The Bertz CT molecular complexity index is 714. The van der Waals surface area contributed by atoms with Gasteiger partial charge in [0.2, 0.25) is 11.8 Å². The molecule has 0 unspecified atom stereocenters. The van der Waals surface area contributed by atoms with Crippen molar-refractivity contribution in [3.8, 4) is 0 Å². The minimum Gasteiger partial charge on any atom is -0.349 e. The Balaban J connectivity index is 1.47. The van der Waals surface area contributed by atoms with Crippen molar-refractivity contribution in [3.63, 3.8) is 0 Å². The molecule has 1 fully saturated rings. The summed E-state index contributed by atoms with van der Waals surface area (Å²) in [7, 11) is 0. The molecule has 1 aromatic carbocycles. The lowest BCUT2D eigenvalue weighted by Gasteiger charge is -2.16. The van der Waals surface area contributed by atoms with Crippen molar-refractivity contribution in [2.75, 3.05) is 13.1 Å². The first-order valence-electron chi connectivity index (χ1n) is 8.12. The number of hydrogen-bond donors (Lipinski definition) is 1. The summed E-state index contributed by atoms with van der Waals surface area (Å²) < 4.78 is 0. The van der Waals surface area contributed by atoms with Crippen LogP contribution in [0.15, 0.2) is 35.7 Å². The summed E-state index contributed by atoms with van der Waals surface area (Å²) in [6.45, 7) is 3.54. The van der Waals surface area contributed by atoms with Crippen molar-refractivity contribution in [1.29, 1.82) is 0 Å². The molecule has 6 heteroatoms. The van der Waals surface area contributed by atoms with E-state index in [0.29, 0.717) is 26.1 Å². The fraction of sp³-hybridized carbons (Fsp3) is 0.389. The van der Waals surface area contributed by atoms with Gasteiger partial charge in [0.1, 0.15) is 5.01 Å². The highest BCUT2D eigenvalue weighted by molar-refractivity contribution is 7.09. The molecular weight excluding hydrogens is 322 g/mol. The second-order valence-electron chi connectivity index (χ2n) is 6.08. The zero-order chi connectivity index (χ0) is 16.9. The molecule has 2 heterocycles. The van der Waals surface area contributed by atoms with E-state index in [9.17, 15) is 9.59 Å². The van der Waals surface area contributed by atoms with Gasteiger partial charge in [-0.15, -0.1) is 11.3 Å². The van der Waals surface area contributed by atoms with E-state index >= 15 is 0 Å². The molecule has 3 rings (SSSR count). The third-order valence-corrected chi connectivity index (χ3v) is 5.15. The van der Waals surface area contributed by atoms with Crippen molar-refractivity contribution >= 4 is 23.2 Å². The number of benzene rings is 1. The molecule has 0 bridgehead atoms. The number of carbonyl (C=O) groups excluding carboxylic acids is 2. The number of amides is 2. The largest absolute Gasteiger partial charge is 0.349 e. The Hall–Kier alpha value is -2.21. The van der Waals surface area contributed by atoms with Crippen LogP contribution < -0.4 is 5.32 Å². The van der Waals surface area contributed by atoms with Gasteiger partial charge >= 0.3 is 0 Å². The first-order chi connectivity index (χ1) is 11.6.